The summed E-state index contributed by atoms with van der Waals surface area (Å²) in [6, 6.07) is 0. The van der Waals surface area contributed by atoms with Gasteiger partial charge in [-0.25, -0.2) is 0 Å². The van der Waals surface area contributed by atoms with Gasteiger partial charge in [-0.15, -0.1) is 0 Å². The summed E-state index contributed by atoms with van der Waals surface area (Å²) < 4.78 is 31.6. The number of hydrogen-bond donors (Lipinski definition) is 2. The van der Waals surface area contributed by atoms with Crippen LogP contribution in [0.1, 0.15) is 0 Å². The molecule has 4 nitrogen and oxygen atoms in total. The second-order valence-corrected chi connectivity index (χ2v) is 1.34. The quantitative estimate of drug-likeness (QED) is 0.412. The first kappa shape index (κ1) is 15.7. The van der Waals surface area contributed by atoms with Crippen LogP contribution in [0.2, 0.25) is 0 Å². The third kappa shape index (κ3) is 134. The molecule has 0 fully saturated rings. The summed E-state index contributed by atoms with van der Waals surface area (Å²) in [5.41, 5.74) is 0. The van der Waals surface area contributed by atoms with Crippen molar-refractivity contribution in [1.29, 1.82) is 0 Å². The molecular formula is H2O4STiZn. The molecule has 0 bridgehead atoms. The fraction of sp³-hybridized carbons (Fsp3) is 0. The molecule has 0 aromatic carbocycles. The van der Waals surface area contributed by atoms with Crippen molar-refractivity contribution in [3.63, 3.8) is 0 Å². The van der Waals surface area contributed by atoms with Gasteiger partial charge in [0.1, 0.15) is 0 Å². The average Bonchev–Trinajstić information content (AvgIpc) is 0.722. The van der Waals surface area contributed by atoms with Crippen LogP contribution < -0.4 is 0 Å². The summed E-state index contributed by atoms with van der Waals surface area (Å²) in [5, 5.41) is 0. The minimum atomic E-state index is -4.67. The van der Waals surface area contributed by atoms with Crippen LogP contribution in [0, 0.1) is 0 Å². The van der Waals surface area contributed by atoms with Crippen LogP contribution >= 0.6 is 0 Å². The molecule has 7 heteroatoms. The third-order valence-electron chi connectivity index (χ3n) is 0. The second kappa shape index (κ2) is 5.35. The maximum atomic E-state index is 8.74. The fourth-order valence-corrected chi connectivity index (χ4v) is 0. The molecular weight excluding hydrogens is 209 g/mol. The van der Waals surface area contributed by atoms with E-state index in [9.17, 15) is 0 Å². The molecule has 0 spiro atoms. The van der Waals surface area contributed by atoms with Gasteiger partial charge in [0.15, 0.2) is 0 Å². The summed E-state index contributed by atoms with van der Waals surface area (Å²) in [5.74, 6) is 0. The van der Waals surface area contributed by atoms with Gasteiger partial charge in [-0.05, 0) is 0 Å². The van der Waals surface area contributed by atoms with E-state index in [1.54, 1.807) is 0 Å². The monoisotopic (exact) mass is 210 g/mol. The Kier molecular flexibility index (Phi) is 12.0. The van der Waals surface area contributed by atoms with E-state index in [1.165, 1.54) is 0 Å². The summed E-state index contributed by atoms with van der Waals surface area (Å²) >= 11 is 0. The molecule has 2 N–H and O–H groups in total. The normalized spacial score (nSPS) is 8.29. The topological polar surface area (TPSA) is 74.6 Å². The van der Waals surface area contributed by atoms with Gasteiger partial charge in [0.25, 0.3) is 0 Å². The standard InChI is InChI=1S/H2O4S.Ti.Zn/c1-5(2,3)4;;/h(H2,1,2,3,4);;. The maximum Gasteiger partial charge on any atom is 0.394 e. The largest absolute Gasteiger partial charge is 0.394 e. The SMILES string of the molecule is O=S(=O)(O)O.[Ti].[Zn]. The average molecular weight is 211 g/mol. The van der Waals surface area contributed by atoms with Crippen LogP contribution in [0.5, 0.6) is 0 Å². The second-order valence-electron chi connectivity index (χ2n) is 0.448. The van der Waals surface area contributed by atoms with Crippen molar-refractivity contribution in [3.8, 4) is 0 Å². The van der Waals surface area contributed by atoms with Gasteiger partial charge in [-0.2, -0.15) is 8.42 Å². The predicted octanol–water partition coefficient (Wildman–Crippen LogP) is -0.658. The van der Waals surface area contributed by atoms with Crippen molar-refractivity contribution < 1.29 is 58.7 Å². The summed E-state index contributed by atoms with van der Waals surface area (Å²) in [6.07, 6.45) is 0. The number of rotatable bonds is 0. The summed E-state index contributed by atoms with van der Waals surface area (Å²) in [4.78, 5) is 0. The molecule has 0 aliphatic rings. The minimum absolute atomic E-state index is 0. The van der Waals surface area contributed by atoms with Crippen molar-refractivity contribution in [3.05, 3.63) is 0 Å². The maximum absolute atomic E-state index is 8.74. The van der Waals surface area contributed by atoms with E-state index in [1.807, 2.05) is 0 Å². The van der Waals surface area contributed by atoms with Gasteiger partial charge < -0.3 is 0 Å². The van der Waals surface area contributed by atoms with Gasteiger partial charge >= 0.3 is 10.4 Å². The van der Waals surface area contributed by atoms with Crippen LogP contribution in [0.15, 0.2) is 0 Å². The van der Waals surface area contributed by atoms with E-state index < -0.39 is 10.4 Å². The van der Waals surface area contributed by atoms with E-state index >= 15 is 0 Å². The first-order valence-electron chi connectivity index (χ1n) is 0.698. The van der Waals surface area contributed by atoms with Crippen LogP contribution in [0.4, 0.5) is 0 Å². The number of hydrogen-bond acceptors (Lipinski definition) is 2. The molecule has 0 unspecified atom stereocenters. The van der Waals surface area contributed by atoms with Crippen molar-refractivity contribution in [1.82, 2.24) is 0 Å². The Bertz CT molecular complexity index is 94.9. The van der Waals surface area contributed by atoms with Gasteiger partial charge in [0, 0.05) is 41.2 Å². The smallest absolute Gasteiger partial charge is 0.264 e. The zero-order valence-electron chi connectivity index (χ0n) is 3.33. The van der Waals surface area contributed by atoms with Crippen LogP contribution in [-0.2, 0) is 51.6 Å². The first-order valence-corrected chi connectivity index (χ1v) is 2.10. The Labute approximate surface area is 68.9 Å². The van der Waals surface area contributed by atoms with Gasteiger partial charge in [0.05, 0.1) is 0 Å². The van der Waals surface area contributed by atoms with Crippen LogP contribution in [-0.4, -0.2) is 17.5 Å². The molecule has 38 valence electrons. The predicted molar refractivity (Wildman–Crippen MR) is 14.2 cm³/mol. The molecule has 0 saturated heterocycles. The van der Waals surface area contributed by atoms with Crippen molar-refractivity contribution in [2.75, 3.05) is 0 Å². The molecule has 0 amide bonds. The molecule has 0 rings (SSSR count). The minimum Gasteiger partial charge on any atom is -0.264 e. The molecule has 0 atom stereocenters. The molecule has 0 aromatic rings. The van der Waals surface area contributed by atoms with E-state index in [-0.39, 0.29) is 41.2 Å². The molecule has 0 heterocycles. The zero-order valence-corrected chi connectivity index (χ0v) is 8.67. The van der Waals surface area contributed by atoms with Crippen LogP contribution in [0.25, 0.3) is 0 Å². The molecule has 0 radical (unpaired) electrons. The van der Waals surface area contributed by atoms with E-state index in [0.717, 1.165) is 0 Å². The van der Waals surface area contributed by atoms with Gasteiger partial charge in [-0.1, -0.05) is 0 Å². The van der Waals surface area contributed by atoms with Crippen molar-refractivity contribution >= 4 is 10.4 Å². The fourth-order valence-electron chi connectivity index (χ4n) is 0. The Morgan fingerprint density at radius 1 is 1.14 bits per heavy atom. The molecule has 0 aliphatic heterocycles. The Hall–Kier alpha value is 1.21. The molecule has 0 aromatic heterocycles. The zero-order chi connectivity index (χ0) is 4.50. The molecule has 7 heavy (non-hydrogen) atoms. The molecule has 0 saturated carbocycles. The van der Waals surface area contributed by atoms with E-state index in [4.69, 9.17) is 17.5 Å². The third-order valence-corrected chi connectivity index (χ3v) is 0. The Morgan fingerprint density at radius 3 is 1.14 bits per heavy atom. The summed E-state index contributed by atoms with van der Waals surface area (Å²) in [6.45, 7) is 0. The van der Waals surface area contributed by atoms with Gasteiger partial charge in [0.2, 0.25) is 0 Å². The first-order chi connectivity index (χ1) is 2.00. The Morgan fingerprint density at radius 2 is 1.14 bits per heavy atom. The summed E-state index contributed by atoms with van der Waals surface area (Å²) in [7, 11) is -4.67. The Balaban J connectivity index is -0.0000000800. The van der Waals surface area contributed by atoms with Gasteiger partial charge in [-0.3, -0.25) is 9.11 Å². The van der Waals surface area contributed by atoms with Crippen LogP contribution in [0.3, 0.4) is 0 Å². The van der Waals surface area contributed by atoms with E-state index in [0.29, 0.717) is 0 Å². The molecule has 0 aliphatic carbocycles. The van der Waals surface area contributed by atoms with Crippen molar-refractivity contribution in [2.45, 2.75) is 0 Å². The van der Waals surface area contributed by atoms with E-state index in [2.05, 4.69) is 0 Å². The van der Waals surface area contributed by atoms with Crippen molar-refractivity contribution in [2.24, 2.45) is 0 Å².